The fourth-order valence-corrected chi connectivity index (χ4v) is 2.38. The lowest BCUT2D eigenvalue weighted by Crippen LogP contribution is -2.48. The highest BCUT2D eigenvalue weighted by Crippen LogP contribution is 2.22. The Hall–Kier alpha value is -0.120. The van der Waals surface area contributed by atoms with Crippen molar-refractivity contribution in [2.45, 2.75) is 31.8 Å². The van der Waals surface area contributed by atoms with Gasteiger partial charge in [0.1, 0.15) is 0 Å². The highest BCUT2D eigenvalue weighted by Gasteiger charge is 2.28. The summed E-state index contributed by atoms with van der Waals surface area (Å²) >= 11 is 0. The first-order valence-electron chi connectivity index (χ1n) is 5.12. The van der Waals surface area contributed by atoms with Crippen LogP contribution < -0.4 is 5.73 Å². The first-order valence-corrected chi connectivity index (χ1v) is 5.12. The topological polar surface area (TPSA) is 38.5 Å². The van der Waals surface area contributed by atoms with Gasteiger partial charge in [-0.05, 0) is 39.8 Å². The quantitative estimate of drug-likeness (QED) is 0.705. The minimum Gasteiger partial charge on any atom is -0.381 e. The van der Waals surface area contributed by atoms with Gasteiger partial charge < -0.3 is 15.4 Å². The first kappa shape index (κ1) is 11.0. The van der Waals surface area contributed by atoms with Gasteiger partial charge in [0, 0.05) is 25.3 Å². The molecule has 0 bridgehead atoms. The number of ether oxygens (including phenoxy) is 1. The molecule has 0 saturated carbocycles. The molecular weight excluding hydrogens is 164 g/mol. The molecule has 78 valence electrons. The van der Waals surface area contributed by atoms with Crippen LogP contribution in [0.3, 0.4) is 0 Å². The highest BCUT2D eigenvalue weighted by atomic mass is 16.5. The summed E-state index contributed by atoms with van der Waals surface area (Å²) < 4.78 is 5.35. The number of hydrogen-bond donors (Lipinski definition) is 1. The first-order chi connectivity index (χ1) is 6.13. The minimum absolute atomic E-state index is 0.248. The third kappa shape index (κ3) is 2.93. The summed E-state index contributed by atoms with van der Waals surface area (Å²) in [6.45, 7) is 3.91. The smallest absolute Gasteiger partial charge is 0.0469 e. The molecule has 1 saturated heterocycles. The second-order valence-electron chi connectivity index (χ2n) is 4.26. The van der Waals surface area contributed by atoms with Crippen LogP contribution in [-0.2, 0) is 4.74 Å². The van der Waals surface area contributed by atoms with E-state index < -0.39 is 0 Å². The maximum absolute atomic E-state index is 5.99. The molecule has 3 heteroatoms. The number of nitrogens with zero attached hydrogens (tertiary/aromatic N) is 1. The SMILES string of the molecule is CC(N)C(C1CCOCC1)N(C)C. The molecule has 1 aliphatic heterocycles. The lowest BCUT2D eigenvalue weighted by molar-refractivity contribution is 0.0319. The summed E-state index contributed by atoms with van der Waals surface area (Å²) in [6.07, 6.45) is 2.31. The van der Waals surface area contributed by atoms with E-state index in [0.29, 0.717) is 12.0 Å². The Morgan fingerprint density at radius 3 is 2.23 bits per heavy atom. The van der Waals surface area contributed by atoms with Crippen LogP contribution in [0.5, 0.6) is 0 Å². The summed E-state index contributed by atoms with van der Waals surface area (Å²) in [5.41, 5.74) is 5.99. The van der Waals surface area contributed by atoms with Crippen LogP contribution in [0, 0.1) is 5.92 Å². The molecule has 0 spiro atoms. The second kappa shape index (κ2) is 4.94. The van der Waals surface area contributed by atoms with E-state index in [1.165, 1.54) is 0 Å². The van der Waals surface area contributed by atoms with Gasteiger partial charge in [-0.3, -0.25) is 0 Å². The van der Waals surface area contributed by atoms with Crippen LogP contribution in [0.4, 0.5) is 0 Å². The van der Waals surface area contributed by atoms with Gasteiger partial charge in [0.2, 0.25) is 0 Å². The minimum atomic E-state index is 0.248. The van der Waals surface area contributed by atoms with Crippen LogP contribution in [0.25, 0.3) is 0 Å². The van der Waals surface area contributed by atoms with E-state index >= 15 is 0 Å². The number of rotatable bonds is 3. The van der Waals surface area contributed by atoms with Crippen molar-refractivity contribution in [1.82, 2.24) is 4.90 Å². The van der Waals surface area contributed by atoms with Gasteiger partial charge in [-0.25, -0.2) is 0 Å². The molecule has 0 aliphatic carbocycles. The maximum Gasteiger partial charge on any atom is 0.0469 e. The van der Waals surface area contributed by atoms with Crippen LogP contribution in [-0.4, -0.2) is 44.3 Å². The number of likely N-dealkylation sites (N-methyl/N-ethyl adjacent to an activating group) is 1. The van der Waals surface area contributed by atoms with Crippen molar-refractivity contribution in [1.29, 1.82) is 0 Å². The second-order valence-corrected chi connectivity index (χ2v) is 4.26. The van der Waals surface area contributed by atoms with E-state index in [9.17, 15) is 0 Å². The molecule has 13 heavy (non-hydrogen) atoms. The summed E-state index contributed by atoms with van der Waals surface area (Å²) in [7, 11) is 4.23. The van der Waals surface area contributed by atoms with Crippen molar-refractivity contribution in [2.24, 2.45) is 11.7 Å². The molecule has 1 aliphatic rings. The molecule has 2 atom stereocenters. The van der Waals surface area contributed by atoms with E-state index in [-0.39, 0.29) is 6.04 Å². The zero-order valence-corrected chi connectivity index (χ0v) is 8.99. The van der Waals surface area contributed by atoms with Gasteiger partial charge >= 0.3 is 0 Å². The predicted molar refractivity (Wildman–Crippen MR) is 54.7 cm³/mol. The van der Waals surface area contributed by atoms with Crippen LogP contribution in [0.2, 0.25) is 0 Å². The average molecular weight is 186 g/mol. The maximum atomic E-state index is 5.99. The fourth-order valence-electron chi connectivity index (χ4n) is 2.38. The van der Waals surface area contributed by atoms with Gasteiger partial charge in [0.05, 0.1) is 0 Å². The van der Waals surface area contributed by atoms with E-state index in [1.54, 1.807) is 0 Å². The number of hydrogen-bond acceptors (Lipinski definition) is 3. The molecule has 1 rings (SSSR count). The van der Waals surface area contributed by atoms with Crippen LogP contribution in [0.1, 0.15) is 19.8 Å². The fraction of sp³-hybridized carbons (Fsp3) is 1.00. The summed E-state index contributed by atoms with van der Waals surface area (Å²) in [6, 6.07) is 0.752. The van der Waals surface area contributed by atoms with Crippen LogP contribution in [0.15, 0.2) is 0 Å². The third-order valence-electron chi connectivity index (χ3n) is 2.88. The van der Waals surface area contributed by atoms with Crippen molar-refractivity contribution < 1.29 is 4.74 Å². The van der Waals surface area contributed by atoms with E-state index in [2.05, 4.69) is 25.9 Å². The van der Waals surface area contributed by atoms with E-state index in [0.717, 1.165) is 26.1 Å². The predicted octanol–water partition coefficient (Wildman–Crippen LogP) is 0.690. The van der Waals surface area contributed by atoms with Crippen LogP contribution >= 0.6 is 0 Å². The molecule has 0 amide bonds. The van der Waals surface area contributed by atoms with E-state index in [4.69, 9.17) is 10.5 Å². The summed E-state index contributed by atoms with van der Waals surface area (Å²) in [5, 5.41) is 0. The standard InChI is InChI=1S/C10H22N2O/c1-8(11)10(12(2)3)9-4-6-13-7-5-9/h8-10H,4-7,11H2,1-3H3. The summed E-state index contributed by atoms with van der Waals surface area (Å²) in [4.78, 5) is 2.25. The molecule has 0 aromatic heterocycles. The lowest BCUT2D eigenvalue weighted by atomic mass is 9.87. The zero-order valence-electron chi connectivity index (χ0n) is 8.99. The Morgan fingerprint density at radius 1 is 1.31 bits per heavy atom. The highest BCUT2D eigenvalue weighted by molar-refractivity contribution is 4.84. The molecule has 0 aromatic rings. The van der Waals surface area contributed by atoms with Gasteiger partial charge in [-0.15, -0.1) is 0 Å². The molecule has 1 fully saturated rings. The Labute approximate surface area is 81.2 Å². The van der Waals surface area contributed by atoms with Crippen molar-refractivity contribution in [3.63, 3.8) is 0 Å². The van der Waals surface area contributed by atoms with Gasteiger partial charge in [0.15, 0.2) is 0 Å². The van der Waals surface area contributed by atoms with Crippen molar-refractivity contribution in [2.75, 3.05) is 27.3 Å². The molecule has 0 aromatic carbocycles. The normalized spacial score (nSPS) is 24.7. The van der Waals surface area contributed by atoms with Gasteiger partial charge in [-0.2, -0.15) is 0 Å². The Kier molecular flexibility index (Phi) is 4.16. The van der Waals surface area contributed by atoms with Gasteiger partial charge in [0.25, 0.3) is 0 Å². The van der Waals surface area contributed by atoms with Crippen molar-refractivity contribution >= 4 is 0 Å². The van der Waals surface area contributed by atoms with E-state index in [1.807, 2.05) is 0 Å². The largest absolute Gasteiger partial charge is 0.381 e. The molecule has 3 nitrogen and oxygen atoms in total. The Balaban J connectivity index is 2.52. The molecule has 0 radical (unpaired) electrons. The number of nitrogens with two attached hydrogens (primary N) is 1. The molecule has 2 N–H and O–H groups in total. The summed E-state index contributed by atoms with van der Waals surface area (Å²) in [5.74, 6) is 0.712. The monoisotopic (exact) mass is 186 g/mol. The third-order valence-corrected chi connectivity index (χ3v) is 2.88. The lowest BCUT2D eigenvalue weighted by Gasteiger charge is -2.37. The molecular formula is C10H22N2O. The molecule has 1 heterocycles. The zero-order chi connectivity index (χ0) is 9.84. The van der Waals surface area contributed by atoms with Crippen molar-refractivity contribution in [3.8, 4) is 0 Å². The van der Waals surface area contributed by atoms with Gasteiger partial charge in [-0.1, -0.05) is 0 Å². The average Bonchev–Trinajstić information content (AvgIpc) is 2.04. The Morgan fingerprint density at radius 2 is 1.85 bits per heavy atom. The Bertz CT molecular complexity index is 134. The molecule has 2 unspecified atom stereocenters. The van der Waals surface area contributed by atoms with Crippen molar-refractivity contribution in [3.05, 3.63) is 0 Å².